The van der Waals surface area contributed by atoms with Gasteiger partial charge in [0.25, 0.3) is 11.5 Å². The zero-order valence-electron chi connectivity index (χ0n) is 18.4. The van der Waals surface area contributed by atoms with Crippen LogP contribution in [0.1, 0.15) is 16.2 Å². The van der Waals surface area contributed by atoms with Gasteiger partial charge in [-0.1, -0.05) is 12.1 Å². The largest absolute Gasteiger partial charge is 0.328 e. The van der Waals surface area contributed by atoms with Gasteiger partial charge in [-0.05, 0) is 61.5 Å². The van der Waals surface area contributed by atoms with E-state index < -0.39 is 0 Å². The lowest BCUT2D eigenvalue weighted by Crippen LogP contribution is -2.22. The first-order chi connectivity index (χ1) is 15.8. The lowest BCUT2D eigenvalue weighted by Gasteiger charge is -2.12. The molecule has 0 saturated heterocycles. The van der Waals surface area contributed by atoms with Crippen LogP contribution in [0.15, 0.2) is 76.3 Å². The number of rotatable bonds is 3. The predicted molar refractivity (Wildman–Crippen MR) is 128 cm³/mol. The van der Waals surface area contributed by atoms with E-state index in [1.807, 2.05) is 18.2 Å². The number of anilines is 1. The van der Waals surface area contributed by atoms with Crippen molar-refractivity contribution >= 4 is 33.5 Å². The molecule has 1 N–H and O–H groups in total. The summed E-state index contributed by atoms with van der Waals surface area (Å²) in [6.45, 7) is 1.78. The highest BCUT2D eigenvalue weighted by atomic mass is 16.2. The van der Waals surface area contributed by atoms with Crippen LogP contribution in [0.25, 0.3) is 27.6 Å². The van der Waals surface area contributed by atoms with Crippen LogP contribution in [0, 0.1) is 6.92 Å². The first kappa shape index (κ1) is 20.4. The van der Waals surface area contributed by atoms with Crippen LogP contribution in [0.2, 0.25) is 0 Å². The molecular weight excluding hydrogens is 418 g/mol. The number of benzene rings is 3. The molecule has 8 heteroatoms. The van der Waals surface area contributed by atoms with Crippen molar-refractivity contribution in [1.82, 2.24) is 18.7 Å². The Morgan fingerprint density at radius 1 is 0.879 bits per heavy atom. The fraction of sp³-hybridized carbons (Fsp3) is 0.120. The molecule has 0 aliphatic heterocycles. The molecule has 0 aliphatic rings. The number of amides is 1. The van der Waals surface area contributed by atoms with E-state index >= 15 is 0 Å². The third-order valence-electron chi connectivity index (χ3n) is 5.86. The fourth-order valence-corrected chi connectivity index (χ4v) is 4.10. The lowest BCUT2D eigenvalue weighted by molar-refractivity contribution is 0.102. The molecule has 33 heavy (non-hydrogen) atoms. The second-order valence-corrected chi connectivity index (χ2v) is 7.92. The monoisotopic (exact) mass is 439 g/mol. The predicted octanol–water partition coefficient (Wildman–Crippen LogP) is 3.14. The maximum absolute atomic E-state index is 13.0. The van der Waals surface area contributed by atoms with E-state index in [0.29, 0.717) is 33.7 Å². The van der Waals surface area contributed by atoms with Crippen molar-refractivity contribution in [2.24, 2.45) is 14.1 Å². The van der Waals surface area contributed by atoms with Crippen LogP contribution in [-0.4, -0.2) is 24.6 Å². The Balaban J connectivity index is 1.45. The Kier molecular flexibility index (Phi) is 4.70. The summed E-state index contributed by atoms with van der Waals surface area (Å²) in [6, 6.07) is 19.3. The number of imidazole rings is 1. The van der Waals surface area contributed by atoms with Crippen molar-refractivity contribution in [3.8, 4) is 5.69 Å². The van der Waals surface area contributed by atoms with Gasteiger partial charge in [-0.15, -0.1) is 0 Å². The van der Waals surface area contributed by atoms with Gasteiger partial charge < -0.3 is 5.32 Å². The minimum absolute atomic E-state index is 0.127. The van der Waals surface area contributed by atoms with Crippen molar-refractivity contribution in [3.05, 3.63) is 99.0 Å². The Labute approximate surface area is 188 Å². The van der Waals surface area contributed by atoms with Gasteiger partial charge in [-0.3, -0.25) is 23.3 Å². The van der Waals surface area contributed by atoms with Crippen LogP contribution in [0.5, 0.6) is 0 Å². The van der Waals surface area contributed by atoms with Crippen LogP contribution in [0.4, 0.5) is 5.69 Å². The molecule has 1 amide bonds. The summed E-state index contributed by atoms with van der Waals surface area (Å²) in [4.78, 5) is 42.4. The first-order valence-corrected chi connectivity index (χ1v) is 10.4. The van der Waals surface area contributed by atoms with Gasteiger partial charge in [0.1, 0.15) is 5.82 Å². The number of nitrogens with one attached hydrogen (secondary N) is 1. The molecule has 2 aromatic heterocycles. The maximum Gasteiger partial charge on any atom is 0.328 e. The Bertz CT molecular complexity index is 1670. The number of hydrogen-bond acceptors (Lipinski definition) is 4. The molecule has 0 aliphatic carbocycles. The van der Waals surface area contributed by atoms with Crippen molar-refractivity contribution in [2.75, 3.05) is 5.32 Å². The Hall–Kier alpha value is -4.46. The van der Waals surface area contributed by atoms with Gasteiger partial charge in [-0.25, -0.2) is 9.78 Å². The molecule has 8 nitrogen and oxygen atoms in total. The molecule has 0 atom stereocenters. The van der Waals surface area contributed by atoms with E-state index in [-0.39, 0.29) is 17.2 Å². The number of hydrogen-bond donors (Lipinski definition) is 1. The summed E-state index contributed by atoms with van der Waals surface area (Å²) in [6.07, 6.45) is 0. The minimum Gasteiger partial charge on any atom is -0.322 e. The molecule has 0 saturated carbocycles. The van der Waals surface area contributed by atoms with Crippen LogP contribution in [-0.2, 0) is 14.1 Å². The van der Waals surface area contributed by atoms with Gasteiger partial charge in [0, 0.05) is 25.3 Å². The summed E-state index contributed by atoms with van der Waals surface area (Å²) >= 11 is 0. The van der Waals surface area contributed by atoms with Gasteiger partial charge in [-0.2, -0.15) is 0 Å². The number of carbonyl (C=O) groups excluding carboxylic acids is 1. The molecule has 0 bridgehead atoms. The van der Waals surface area contributed by atoms with Crippen molar-refractivity contribution in [2.45, 2.75) is 6.92 Å². The molecule has 0 radical (unpaired) electrons. The third-order valence-corrected chi connectivity index (χ3v) is 5.86. The van der Waals surface area contributed by atoms with Gasteiger partial charge in [0.15, 0.2) is 0 Å². The summed E-state index contributed by atoms with van der Waals surface area (Å²) < 4.78 is 4.64. The number of fused-ring (bicyclic) bond motifs is 2. The van der Waals surface area contributed by atoms with E-state index in [2.05, 4.69) is 10.3 Å². The highest BCUT2D eigenvalue weighted by Crippen LogP contribution is 2.19. The first-order valence-electron chi connectivity index (χ1n) is 10.4. The molecule has 5 aromatic rings. The second-order valence-electron chi connectivity index (χ2n) is 7.92. The highest BCUT2D eigenvalue weighted by Gasteiger charge is 2.13. The summed E-state index contributed by atoms with van der Waals surface area (Å²) in [5.41, 5.74) is 3.55. The molecule has 0 spiro atoms. The van der Waals surface area contributed by atoms with Crippen LogP contribution in [0.3, 0.4) is 0 Å². The maximum atomic E-state index is 13.0. The minimum atomic E-state index is -0.289. The van der Waals surface area contributed by atoms with Crippen molar-refractivity contribution < 1.29 is 4.79 Å². The van der Waals surface area contributed by atoms with E-state index in [4.69, 9.17) is 0 Å². The molecule has 5 rings (SSSR count). The Morgan fingerprint density at radius 2 is 1.58 bits per heavy atom. The van der Waals surface area contributed by atoms with Crippen LogP contribution >= 0.6 is 0 Å². The quantitative estimate of drug-likeness (QED) is 0.468. The number of para-hydroxylation sites is 1. The normalized spacial score (nSPS) is 11.2. The molecule has 0 unspecified atom stereocenters. The van der Waals surface area contributed by atoms with Crippen LogP contribution < -0.4 is 16.6 Å². The number of aromatic nitrogens is 4. The lowest BCUT2D eigenvalue weighted by atomic mass is 10.1. The second kappa shape index (κ2) is 7.59. The van der Waals surface area contributed by atoms with Gasteiger partial charge in [0.05, 0.1) is 27.6 Å². The van der Waals surface area contributed by atoms with E-state index in [9.17, 15) is 14.4 Å². The molecule has 164 valence electrons. The zero-order chi connectivity index (χ0) is 23.3. The molecule has 2 heterocycles. The number of aryl methyl sites for hydroxylation is 3. The number of carbonyl (C=O) groups is 1. The summed E-state index contributed by atoms with van der Waals surface area (Å²) in [7, 11) is 3.41. The third kappa shape index (κ3) is 3.32. The average molecular weight is 439 g/mol. The zero-order valence-corrected chi connectivity index (χ0v) is 18.4. The van der Waals surface area contributed by atoms with Crippen molar-refractivity contribution in [3.63, 3.8) is 0 Å². The molecule has 3 aromatic carbocycles. The van der Waals surface area contributed by atoms with E-state index in [0.717, 1.165) is 11.0 Å². The summed E-state index contributed by atoms with van der Waals surface area (Å²) in [5.74, 6) is 0.278. The van der Waals surface area contributed by atoms with E-state index in [1.165, 1.54) is 9.13 Å². The van der Waals surface area contributed by atoms with Crippen molar-refractivity contribution in [1.29, 1.82) is 0 Å². The molecule has 0 fully saturated rings. The standard InChI is InChI=1S/C25H21N5O3/c1-15-26-20-7-5-4-6-19(20)24(32)30(15)18-11-8-16(9-12-18)23(31)27-17-10-13-21-22(14-17)29(3)25(33)28(21)2/h4-14H,1-3H3,(H,27,31). The summed E-state index contributed by atoms with van der Waals surface area (Å²) in [5, 5.41) is 3.41. The average Bonchev–Trinajstić information content (AvgIpc) is 3.03. The fourth-order valence-electron chi connectivity index (χ4n) is 4.10. The topological polar surface area (TPSA) is 90.9 Å². The Morgan fingerprint density at radius 3 is 2.33 bits per heavy atom. The molecular formula is C25H21N5O3. The van der Waals surface area contributed by atoms with E-state index in [1.54, 1.807) is 74.1 Å². The highest BCUT2D eigenvalue weighted by molar-refractivity contribution is 6.05. The SMILES string of the molecule is Cc1nc2ccccc2c(=O)n1-c1ccc(C(=O)Nc2ccc3c(c2)n(C)c(=O)n3C)cc1. The van der Waals surface area contributed by atoms with Gasteiger partial charge >= 0.3 is 5.69 Å². The smallest absolute Gasteiger partial charge is 0.322 e. The van der Waals surface area contributed by atoms with Gasteiger partial charge in [0.2, 0.25) is 0 Å². The number of nitrogens with zero attached hydrogens (tertiary/aromatic N) is 4.